The van der Waals surface area contributed by atoms with Crippen molar-refractivity contribution in [2.24, 2.45) is 0 Å². The van der Waals surface area contributed by atoms with Gasteiger partial charge in [-0.2, -0.15) is 0 Å². The summed E-state index contributed by atoms with van der Waals surface area (Å²) < 4.78 is 5.67. The summed E-state index contributed by atoms with van der Waals surface area (Å²) in [5, 5.41) is 3.24. The zero-order valence-corrected chi connectivity index (χ0v) is 26.1. The average Bonchev–Trinajstić information content (AvgIpc) is 3.40. The lowest BCUT2D eigenvalue weighted by atomic mass is 9.95. The van der Waals surface area contributed by atoms with E-state index in [4.69, 9.17) is 27.9 Å². The number of hydrogen-bond donors (Lipinski definition) is 0. The standard InChI is InChI=1S/C32H39Cl2N3O2S/c1-5-39-30-12-15-40-31(30)32(38)35-13-10-29(11-14-35)36-19-21(2)37(22(3)20-36)23(4)24-6-8-25(9-7-24)26-16-27(33)18-28(34)17-26/h6-9,12,15-18,21-23,29H,5,10-11,13-14,19-20H2,1-4H3/t21-,22-,23+/m1/s1. The van der Waals surface area contributed by atoms with Crippen LogP contribution in [0.25, 0.3) is 11.1 Å². The van der Waals surface area contributed by atoms with Gasteiger partial charge in [0.15, 0.2) is 0 Å². The Morgan fingerprint density at radius 3 is 2.20 bits per heavy atom. The Morgan fingerprint density at radius 2 is 1.60 bits per heavy atom. The van der Waals surface area contributed by atoms with Gasteiger partial charge in [-0.1, -0.05) is 47.5 Å². The van der Waals surface area contributed by atoms with E-state index >= 15 is 0 Å². The van der Waals surface area contributed by atoms with Gasteiger partial charge in [-0.25, -0.2) is 0 Å². The second-order valence-electron chi connectivity index (χ2n) is 11.1. The Kier molecular flexibility index (Phi) is 9.43. The summed E-state index contributed by atoms with van der Waals surface area (Å²) in [4.78, 5) is 21.2. The normalized spacial score (nSPS) is 21.9. The molecule has 0 N–H and O–H groups in total. The van der Waals surface area contributed by atoms with Crippen molar-refractivity contribution in [2.45, 2.75) is 64.7 Å². The monoisotopic (exact) mass is 599 g/mol. The number of halogens is 2. The van der Waals surface area contributed by atoms with Gasteiger partial charge in [0.2, 0.25) is 0 Å². The van der Waals surface area contributed by atoms with Crippen LogP contribution in [0.5, 0.6) is 5.75 Å². The van der Waals surface area contributed by atoms with Gasteiger partial charge >= 0.3 is 0 Å². The van der Waals surface area contributed by atoms with Crippen LogP contribution in [0.15, 0.2) is 53.9 Å². The van der Waals surface area contributed by atoms with E-state index in [2.05, 4.69) is 54.8 Å². The second kappa shape index (κ2) is 12.8. The number of piperidine rings is 1. The molecule has 2 aliphatic rings. The van der Waals surface area contributed by atoms with Crippen LogP contribution in [0.1, 0.15) is 61.8 Å². The fraction of sp³-hybridized carbons (Fsp3) is 0.469. The highest BCUT2D eigenvalue weighted by atomic mass is 35.5. The van der Waals surface area contributed by atoms with Gasteiger partial charge in [0, 0.05) is 60.4 Å². The number of carbonyl (C=O) groups excluding carboxylic acids is 1. The van der Waals surface area contributed by atoms with Crippen LogP contribution in [0.4, 0.5) is 0 Å². The number of rotatable bonds is 7. The second-order valence-corrected chi connectivity index (χ2v) is 12.9. The van der Waals surface area contributed by atoms with Crippen molar-refractivity contribution in [3.05, 3.63) is 74.4 Å². The SMILES string of the molecule is CCOc1ccsc1C(=O)N1CCC(N2C[C@@H](C)N([C@@H](C)c3ccc(-c4cc(Cl)cc(Cl)c4)cc3)[C@H](C)C2)CC1. The van der Waals surface area contributed by atoms with E-state index in [1.165, 1.54) is 16.9 Å². The highest BCUT2D eigenvalue weighted by molar-refractivity contribution is 7.12. The van der Waals surface area contributed by atoms with Crippen LogP contribution in [-0.4, -0.2) is 71.5 Å². The highest BCUT2D eigenvalue weighted by Crippen LogP contribution is 2.34. The van der Waals surface area contributed by atoms with Gasteiger partial charge in [-0.05, 0) is 86.9 Å². The Labute approximate surface area is 252 Å². The maximum Gasteiger partial charge on any atom is 0.267 e. The zero-order chi connectivity index (χ0) is 28.4. The minimum absolute atomic E-state index is 0.113. The van der Waals surface area contributed by atoms with Crippen molar-refractivity contribution in [2.75, 3.05) is 32.8 Å². The summed E-state index contributed by atoms with van der Waals surface area (Å²) in [6, 6.07) is 18.1. The first kappa shape index (κ1) is 29.4. The first-order valence-electron chi connectivity index (χ1n) is 14.3. The fourth-order valence-corrected chi connectivity index (χ4v) is 7.91. The molecule has 5 rings (SSSR count). The maximum atomic E-state index is 13.2. The average molecular weight is 601 g/mol. The third-order valence-electron chi connectivity index (χ3n) is 8.44. The molecule has 0 bridgehead atoms. The van der Waals surface area contributed by atoms with Crippen LogP contribution >= 0.6 is 34.5 Å². The molecule has 0 unspecified atom stereocenters. The molecule has 0 saturated carbocycles. The zero-order valence-electron chi connectivity index (χ0n) is 23.8. The Hall–Kier alpha value is -2.09. The number of benzene rings is 2. The number of hydrogen-bond acceptors (Lipinski definition) is 5. The predicted molar refractivity (Wildman–Crippen MR) is 167 cm³/mol. The molecule has 3 heterocycles. The molecule has 2 aliphatic heterocycles. The van der Waals surface area contributed by atoms with Crippen molar-refractivity contribution in [3.8, 4) is 16.9 Å². The third kappa shape index (κ3) is 6.37. The molecule has 0 spiro atoms. The lowest BCUT2D eigenvalue weighted by molar-refractivity contribution is -0.0188. The smallest absolute Gasteiger partial charge is 0.267 e. The van der Waals surface area contributed by atoms with E-state index in [1.807, 2.05) is 35.4 Å². The Bertz CT molecular complexity index is 1270. The van der Waals surface area contributed by atoms with Crippen molar-refractivity contribution in [3.63, 3.8) is 0 Å². The van der Waals surface area contributed by atoms with Crippen LogP contribution in [0.2, 0.25) is 10.0 Å². The first-order valence-corrected chi connectivity index (χ1v) is 16.0. The van der Waals surface area contributed by atoms with Gasteiger partial charge in [-0.3, -0.25) is 14.6 Å². The summed E-state index contributed by atoms with van der Waals surface area (Å²) in [6.45, 7) is 13.3. The molecule has 2 saturated heterocycles. The van der Waals surface area contributed by atoms with E-state index < -0.39 is 0 Å². The number of ether oxygens (including phenoxy) is 1. The van der Waals surface area contributed by atoms with Crippen LogP contribution < -0.4 is 4.74 Å². The van der Waals surface area contributed by atoms with E-state index in [-0.39, 0.29) is 5.91 Å². The summed E-state index contributed by atoms with van der Waals surface area (Å²) in [6.07, 6.45) is 2.04. The largest absolute Gasteiger partial charge is 0.492 e. The van der Waals surface area contributed by atoms with Gasteiger partial charge < -0.3 is 9.64 Å². The van der Waals surface area contributed by atoms with Crippen molar-refractivity contribution in [1.82, 2.24) is 14.7 Å². The molecule has 1 aromatic heterocycles. The van der Waals surface area contributed by atoms with Gasteiger partial charge in [0.05, 0.1) is 6.61 Å². The third-order valence-corrected chi connectivity index (χ3v) is 9.76. The summed E-state index contributed by atoms with van der Waals surface area (Å²) >= 11 is 13.9. The highest BCUT2D eigenvalue weighted by Gasteiger charge is 2.37. The molecule has 2 aromatic carbocycles. The number of carbonyl (C=O) groups is 1. The minimum atomic E-state index is 0.113. The summed E-state index contributed by atoms with van der Waals surface area (Å²) in [5.41, 5.74) is 3.46. The minimum Gasteiger partial charge on any atom is -0.492 e. The van der Waals surface area contributed by atoms with E-state index in [0.717, 1.165) is 60.8 Å². The molecular weight excluding hydrogens is 561 g/mol. The topological polar surface area (TPSA) is 36.0 Å². The van der Waals surface area contributed by atoms with Crippen LogP contribution in [0.3, 0.4) is 0 Å². The molecule has 3 atom stereocenters. The molecule has 3 aromatic rings. The molecule has 214 valence electrons. The number of piperazine rings is 1. The van der Waals surface area contributed by atoms with E-state index in [1.54, 1.807) is 6.07 Å². The Balaban J connectivity index is 1.18. The molecular formula is C32H39Cl2N3O2S. The van der Waals surface area contributed by atoms with Gasteiger partial charge in [0.1, 0.15) is 10.6 Å². The number of nitrogens with zero attached hydrogens (tertiary/aromatic N) is 3. The van der Waals surface area contributed by atoms with Crippen LogP contribution in [0, 0.1) is 0 Å². The fourth-order valence-electron chi connectivity index (χ4n) is 6.58. The Morgan fingerprint density at radius 1 is 0.975 bits per heavy atom. The molecule has 0 aliphatic carbocycles. The van der Waals surface area contributed by atoms with Gasteiger partial charge in [-0.15, -0.1) is 11.3 Å². The molecule has 40 heavy (non-hydrogen) atoms. The van der Waals surface area contributed by atoms with Crippen molar-refractivity contribution in [1.29, 1.82) is 0 Å². The number of likely N-dealkylation sites (tertiary alicyclic amines) is 1. The lowest BCUT2D eigenvalue weighted by Crippen LogP contribution is -2.60. The number of amides is 1. The predicted octanol–water partition coefficient (Wildman–Crippen LogP) is 7.88. The van der Waals surface area contributed by atoms with Crippen LogP contribution in [-0.2, 0) is 0 Å². The summed E-state index contributed by atoms with van der Waals surface area (Å²) in [5.74, 6) is 0.831. The van der Waals surface area contributed by atoms with E-state index in [0.29, 0.717) is 40.8 Å². The molecule has 5 nitrogen and oxygen atoms in total. The number of thiophene rings is 1. The molecule has 2 fully saturated rings. The lowest BCUT2D eigenvalue weighted by Gasteiger charge is -2.50. The van der Waals surface area contributed by atoms with Crippen molar-refractivity contribution < 1.29 is 9.53 Å². The first-order chi connectivity index (χ1) is 19.2. The molecule has 0 radical (unpaired) electrons. The maximum absolute atomic E-state index is 13.2. The van der Waals surface area contributed by atoms with Crippen molar-refractivity contribution >= 4 is 40.4 Å². The quantitative estimate of drug-likeness (QED) is 0.277. The molecule has 1 amide bonds. The molecule has 8 heteroatoms. The van der Waals surface area contributed by atoms with Gasteiger partial charge in [0.25, 0.3) is 5.91 Å². The van der Waals surface area contributed by atoms with E-state index in [9.17, 15) is 4.79 Å². The summed E-state index contributed by atoms with van der Waals surface area (Å²) in [7, 11) is 0.